The number of hydrogen-bond donors (Lipinski definition) is 2. The quantitative estimate of drug-likeness (QED) is 0.478. The maximum atomic E-state index is 11.7. The molecule has 122 valence electrons. The topological polar surface area (TPSA) is 122 Å². The first-order valence-corrected chi connectivity index (χ1v) is 6.84. The summed E-state index contributed by atoms with van der Waals surface area (Å²) in [5, 5.41) is 21.3. The number of aliphatic carboxylic acids is 1. The number of nitrogens with one attached hydrogen (secondary N) is 1. The zero-order valence-electron chi connectivity index (χ0n) is 12.4. The molecule has 2 aromatic rings. The summed E-state index contributed by atoms with van der Waals surface area (Å²) in [6, 6.07) is 12.2. The fourth-order valence-corrected chi connectivity index (χ4v) is 1.79. The van der Waals surface area contributed by atoms with Gasteiger partial charge in [-0.3, -0.25) is 24.7 Å². The average Bonchev–Trinajstić information content (AvgIpc) is 2.58. The van der Waals surface area contributed by atoms with Gasteiger partial charge in [0, 0.05) is 23.9 Å². The second-order valence-electron chi connectivity index (χ2n) is 4.73. The molecular formula is C16H13N3O5. The molecule has 0 aliphatic carbocycles. The van der Waals surface area contributed by atoms with Crippen molar-refractivity contribution in [1.82, 2.24) is 5.32 Å². The number of benzene rings is 2. The summed E-state index contributed by atoms with van der Waals surface area (Å²) in [5.41, 5.74) is 1.61. The molecule has 2 aromatic carbocycles. The Bertz CT molecular complexity index is 782. The van der Waals surface area contributed by atoms with Crippen molar-refractivity contribution in [2.24, 2.45) is 4.99 Å². The Hall–Kier alpha value is -3.55. The van der Waals surface area contributed by atoms with Crippen LogP contribution in [0.4, 0.5) is 11.4 Å². The van der Waals surface area contributed by atoms with E-state index in [0.29, 0.717) is 16.8 Å². The lowest BCUT2D eigenvalue weighted by molar-refractivity contribution is -0.384. The maximum absolute atomic E-state index is 11.7. The van der Waals surface area contributed by atoms with Gasteiger partial charge >= 0.3 is 5.97 Å². The Morgan fingerprint density at radius 2 is 1.75 bits per heavy atom. The second kappa shape index (κ2) is 7.63. The summed E-state index contributed by atoms with van der Waals surface area (Å²) in [4.78, 5) is 36.4. The lowest BCUT2D eigenvalue weighted by Crippen LogP contribution is -2.29. The molecule has 8 nitrogen and oxygen atoms in total. The van der Waals surface area contributed by atoms with Gasteiger partial charge in [-0.2, -0.15) is 0 Å². The van der Waals surface area contributed by atoms with Crippen molar-refractivity contribution in [2.75, 3.05) is 6.54 Å². The monoisotopic (exact) mass is 327 g/mol. The third-order valence-corrected chi connectivity index (χ3v) is 3.00. The van der Waals surface area contributed by atoms with E-state index in [1.807, 2.05) is 0 Å². The number of nitro groups is 1. The molecule has 0 saturated heterocycles. The van der Waals surface area contributed by atoms with E-state index in [0.717, 1.165) is 0 Å². The van der Waals surface area contributed by atoms with Crippen LogP contribution in [0.25, 0.3) is 0 Å². The number of nitrogens with zero attached hydrogens (tertiary/aromatic N) is 2. The van der Waals surface area contributed by atoms with Gasteiger partial charge in [0.2, 0.25) is 0 Å². The van der Waals surface area contributed by atoms with Gasteiger partial charge in [-0.25, -0.2) is 0 Å². The average molecular weight is 327 g/mol. The van der Waals surface area contributed by atoms with Crippen LogP contribution in [-0.4, -0.2) is 34.7 Å². The van der Waals surface area contributed by atoms with E-state index >= 15 is 0 Å². The standard InChI is InChI=1S/C16H13N3O5/c20-15(21)10-18-16(22)12-3-5-13(6-4-12)17-9-11-1-7-14(8-2-11)19(23)24/h1-9H,10H2,(H,18,22)(H,20,21). The van der Waals surface area contributed by atoms with Crippen molar-refractivity contribution in [3.8, 4) is 0 Å². The summed E-state index contributed by atoms with van der Waals surface area (Å²) in [6.07, 6.45) is 1.54. The number of carboxylic acids is 1. The molecule has 2 rings (SSSR count). The molecule has 0 radical (unpaired) electrons. The van der Waals surface area contributed by atoms with Crippen LogP contribution >= 0.6 is 0 Å². The first kappa shape index (κ1) is 16.8. The SMILES string of the molecule is O=C(O)CNC(=O)c1ccc(N=Cc2ccc([N+](=O)[O-])cc2)cc1. The van der Waals surface area contributed by atoms with Crippen LogP contribution < -0.4 is 5.32 Å². The van der Waals surface area contributed by atoms with Crippen LogP contribution in [0.2, 0.25) is 0 Å². The second-order valence-corrected chi connectivity index (χ2v) is 4.73. The Morgan fingerprint density at radius 3 is 2.29 bits per heavy atom. The molecule has 0 saturated carbocycles. The van der Waals surface area contributed by atoms with Gasteiger partial charge in [0.05, 0.1) is 10.6 Å². The summed E-state index contributed by atoms with van der Waals surface area (Å²) in [7, 11) is 0. The van der Waals surface area contributed by atoms with Gasteiger partial charge in [0.25, 0.3) is 11.6 Å². The molecule has 8 heteroatoms. The molecule has 1 amide bonds. The van der Waals surface area contributed by atoms with E-state index in [9.17, 15) is 19.7 Å². The number of carbonyl (C=O) groups is 2. The molecule has 0 aliphatic rings. The van der Waals surface area contributed by atoms with E-state index in [1.54, 1.807) is 30.5 Å². The molecule has 0 aliphatic heterocycles. The summed E-state index contributed by atoms with van der Waals surface area (Å²) < 4.78 is 0. The molecule has 0 spiro atoms. The highest BCUT2D eigenvalue weighted by atomic mass is 16.6. The summed E-state index contributed by atoms with van der Waals surface area (Å²) in [6.45, 7) is -0.446. The van der Waals surface area contributed by atoms with E-state index in [1.165, 1.54) is 24.3 Å². The minimum atomic E-state index is -1.12. The van der Waals surface area contributed by atoms with Gasteiger partial charge in [-0.15, -0.1) is 0 Å². The van der Waals surface area contributed by atoms with Gasteiger partial charge in [0.1, 0.15) is 6.54 Å². The molecule has 0 heterocycles. The number of aliphatic imine (C=N–C) groups is 1. The normalized spacial score (nSPS) is 10.5. The predicted molar refractivity (Wildman–Crippen MR) is 86.8 cm³/mol. The highest BCUT2D eigenvalue weighted by molar-refractivity contribution is 5.96. The molecule has 0 fully saturated rings. The Labute approximate surface area is 136 Å². The molecule has 0 bridgehead atoms. The lowest BCUT2D eigenvalue weighted by atomic mass is 10.2. The summed E-state index contributed by atoms with van der Waals surface area (Å²) in [5.74, 6) is -1.60. The van der Waals surface area contributed by atoms with Crippen LogP contribution in [0.1, 0.15) is 15.9 Å². The molecule has 0 aromatic heterocycles. The number of carboxylic acid groups (broad SMARTS) is 1. The number of hydrogen-bond acceptors (Lipinski definition) is 5. The van der Waals surface area contributed by atoms with Crippen molar-refractivity contribution in [2.45, 2.75) is 0 Å². The summed E-state index contributed by atoms with van der Waals surface area (Å²) >= 11 is 0. The van der Waals surface area contributed by atoms with Crippen molar-refractivity contribution in [3.63, 3.8) is 0 Å². The number of non-ortho nitro benzene ring substituents is 1. The number of nitro benzene ring substituents is 1. The van der Waals surface area contributed by atoms with E-state index in [4.69, 9.17) is 5.11 Å². The maximum Gasteiger partial charge on any atom is 0.322 e. The Morgan fingerprint density at radius 1 is 1.12 bits per heavy atom. The van der Waals surface area contributed by atoms with Gasteiger partial charge in [-0.1, -0.05) is 0 Å². The fraction of sp³-hybridized carbons (Fsp3) is 0.0625. The predicted octanol–water partition coefficient (Wildman–Crippen LogP) is 2.16. The van der Waals surface area contributed by atoms with Crippen LogP contribution in [0.5, 0.6) is 0 Å². The number of carbonyl (C=O) groups excluding carboxylic acids is 1. The van der Waals surface area contributed by atoms with Crippen molar-refractivity contribution < 1.29 is 19.6 Å². The smallest absolute Gasteiger partial charge is 0.322 e. The van der Waals surface area contributed by atoms with Crippen LogP contribution in [0.15, 0.2) is 53.5 Å². The van der Waals surface area contributed by atoms with E-state index < -0.39 is 23.3 Å². The van der Waals surface area contributed by atoms with Gasteiger partial charge in [-0.05, 0) is 42.0 Å². The third-order valence-electron chi connectivity index (χ3n) is 3.00. The van der Waals surface area contributed by atoms with Crippen LogP contribution in [0.3, 0.4) is 0 Å². The van der Waals surface area contributed by atoms with Crippen LogP contribution in [-0.2, 0) is 4.79 Å². The van der Waals surface area contributed by atoms with Gasteiger partial charge in [0.15, 0.2) is 0 Å². The van der Waals surface area contributed by atoms with Gasteiger partial charge < -0.3 is 10.4 Å². The number of rotatable bonds is 6. The fourth-order valence-electron chi connectivity index (χ4n) is 1.79. The Kier molecular flexibility index (Phi) is 5.35. The first-order valence-electron chi connectivity index (χ1n) is 6.84. The van der Waals surface area contributed by atoms with E-state index in [2.05, 4.69) is 10.3 Å². The minimum absolute atomic E-state index is 0.00359. The van der Waals surface area contributed by atoms with Crippen molar-refractivity contribution >= 4 is 29.5 Å². The Balaban J connectivity index is 2.01. The first-order chi connectivity index (χ1) is 11.5. The van der Waals surface area contributed by atoms with Crippen LogP contribution in [0, 0.1) is 10.1 Å². The molecule has 2 N–H and O–H groups in total. The number of amides is 1. The molecular weight excluding hydrogens is 314 g/mol. The minimum Gasteiger partial charge on any atom is -0.480 e. The third kappa shape index (κ3) is 4.73. The largest absolute Gasteiger partial charge is 0.480 e. The van der Waals surface area contributed by atoms with Crippen molar-refractivity contribution in [1.29, 1.82) is 0 Å². The molecule has 0 unspecified atom stereocenters. The highest BCUT2D eigenvalue weighted by Gasteiger charge is 2.06. The highest BCUT2D eigenvalue weighted by Crippen LogP contribution is 2.15. The van der Waals surface area contributed by atoms with Crippen molar-refractivity contribution in [3.05, 3.63) is 69.8 Å². The molecule has 24 heavy (non-hydrogen) atoms. The molecule has 0 atom stereocenters. The van der Waals surface area contributed by atoms with E-state index in [-0.39, 0.29) is 5.69 Å². The zero-order valence-corrected chi connectivity index (χ0v) is 12.4. The zero-order chi connectivity index (χ0) is 17.5. The lowest BCUT2D eigenvalue weighted by Gasteiger charge is -2.02.